The highest BCUT2D eigenvalue weighted by Gasteiger charge is 2.66. The number of aryl methyl sites for hydroxylation is 2. The van der Waals surface area contributed by atoms with Crippen molar-refractivity contribution in [1.29, 1.82) is 0 Å². The largest absolute Gasteiger partial charge is 0.394 e. The molecule has 6 aliphatic rings. The van der Waals surface area contributed by atoms with Gasteiger partial charge in [-0.05, 0) is 119 Å². The number of nitrogens with zero attached hydrogens (tertiary/aromatic N) is 1. The van der Waals surface area contributed by atoms with Gasteiger partial charge in [0.25, 0.3) is 0 Å². The highest BCUT2D eigenvalue weighted by molar-refractivity contribution is 6.55. The molecule has 240 valence electrons. The second-order valence-electron chi connectivity index (χ2n) is 16.0. The van der Waals surface area contributed by atoms with E-state index in [1.165, 1.54) is 120 Å². The van der Waals surface area contributed by atoms with Crippen molar-refractivity contribution in [3.05, 3.63) is 69.8 Å². The Morgan fingerprint density at radius 1 is 0.653 bits per heavy atom. The van der Waals surface area contributed by atoms with Gasteiger partial charge in [0.2, 0.25) is 0 Å². The van der Waals surface area contributed by atoms with Crippen LogP contribution in [0.25, 0.3) is 86.4 Å². The van der Waals surface area contributed by atoms with Gasteiger partial charge in [-0.3, -0.25) is 0 Å². The first kappa shape index (κ1) is 25.8. The van der Waals surface area contributed by atoms with Crippen LogP contribution < -0.4 is 0 Å². The minimum absolute atomic E-state index is 0.182. The SMILES string of the molecule is OC[C@@H]1OC2(OCCn3c4c5cc6c7c8c(cc9ccc%10cc%11c%12c%13c(cc(c3c%13c(c3c8c9c%10c%123)c74)CC5)C%11)C6)CC[C@@]1(O)C(O)[C@@H]2O. The Labute approximate surface area is 278 Å². The van der Waals surface area contributed by atoms with Gasteiger partial charge < -0.3 is 34.5 Å². The molecule has 1 saturated carbocycles. The summed E-state index contributed by atoms with van der Waals surface area (Å²) in [6.45, 7) is 0.322. The van der Waals surface area contributed by atoms with Gasteiger partial charge in [-0.15, -0.1) is 0 Å². The predicted molar refractivity (Wildman–Crippen MR) is 189 cm³/mol. The molecular weight excluding hydrogens is 614 g/mol. The normalized spacial score (nSPS) is 28.5. The maximum atomic E-state index is 11.2. The van der Waals surface area contributed by atoms with Crippen LogP contribution in [0.5, 0.6) is 0 Å². The summed E-state index contributed by atoms with van der Waals surface area (Å²) in [6.07, 6.45) is 0.393. The van der Waals surface area contributed by atoms with Gasteiger partial charge in [0.1, 0.15) is 23.9 Å². The molecule has 7 nitrogen and oxygen atoms in total. The summed E-state index contributed by atoms with van der Waals surface area (Å²) < 4.78 is 15.1. The zero-order valence-electron chi connectivity index (χ0n) is 26.6. The first-order valence-electron chi connectivity index (χ1n) is 17.9. The van der Waals surface area contributed by atoms with E-state index in [2.05, 4.69) is 41.0 Å². The minimum Gasteiger partial charge on any atom is -0.394 e. The standard InChI is InChI=1S/C42H31NO6/c44-15-24-41(47)5-6-42(49-24,40(46)39(41)45)48-8-7-43-37-18-3-4-19-12-23-14-21-10-17-2-1-16-9-20-13-22(11-18)29-27(20)31-25(16)26(17)32-28(21)30(23)36(38(19)43)34(33(31)32)35(29)37/h1-2,9-12,24,39-40,44-47H,3-8,13-15H2/t24-,39?,40-,41-,42?/m0/s1. The number of ether oxygens (including phenoxy) is 2. The van der Waals surface area contributed by atoms with Crippen LogP contribution in [0.4, 0.5) is 0 Å². The molecule has 49 heavy (non-hydrogen) atoms. The Morgan fingerprint density at radius 2 is 1.18 bits per heavy atom. The van der Waals surface area contributed by atoms with Gasteiger partial charge in [-0.2, -0.15) is 0 Å². The Balaban J connectivity index is 1.10. The quantitative estimate of drug-likeness (QED) is 0.141. The summed E-state index contributed by atoms with van der Waals surface area (Å²) in [5.74, 6) is -1.49. The van der Waals surface area contributed by atoms with Gasteiger partial charge in [0.05, 0.1) is 24.2 Å². The van der Waals surface area contributed by atoms with Gasteiger partial charge in [-0.25, -0.2) is 0 Å². The van der Waals surface area contributed by atoms with Crippen molar-refractivity contribution in [1.82, 2.24) is 4.57 Å². The third kappa shape index (κ3) is 2.47. The smallest absolute Gasteiger partial charge is 0.197 e. The lowest BCUT2D eigenvalue weighted by atomic mass is 9.70. The summed E-state index contributed by atoms with van der Waals surface area (Å²) in [6, 6.07) is 14.6. The summed E-state index contributed by atoms with van der Waals surface area (Å²) >= 11 is 0. The van der Waals surface area contributed by atoms with Crippen molar-refractivity contribution < 1.29 is 29.9 Å². The van der Waals surface area contributed by atoms with Crippen LogP contribution in [-0.2, 0) is 41.7 Å². The van der Waals surface area contributed by atoms with Crippen molar-refractivity contribution in [3.63, 3.8) is 0 Å². The fourth-order valence-corrected chi connectivity index (χ4v) is 12.2. The van der Waals surface area contributed by atoms with Crippen LogP contribution in [0, 0.1) is 0 Å². The number of aliphatic hydroxyl groups excluding tert-OH is 3. The number of fused-ring (bicyclic) bond motifs is 3. The Morgan fingerprint density at radius 3 is 1.78 bits per heavy atom. The van der Waals surface area contributed by atoms with E-state index >= 15 is 0 Å². The van der Waals surface area contributed by atoms with E-state index in [0.717, 1.165) is 25.7 Å². The van der Waals surface area contributed by atoms with Gasteiger partial charge in [0.15, 0.2) is 5.79 Å². The molecule has 1 aromatic heterocycles. The van der Waals surface area contributed by atoms with Crippen LogP contribution >= 0.6 is 0 Å². The van der Waals surface area contributed by atoms with Gasteiger partial charge in [0, 0.05) is 34.5 Å². The van der Waals surface area contributed by atoms with Crippen molar-refractivity contribution >= 4 is 86.4 Å². The number of benzene rings is 7. The second-order valence-corrected chi connectivity index (χ2v) is 16.0. The molecule has 3 aliphatic heterocycles. The third-order valence-electron chi connectivity index (χ3n) is 14.1. The van der Waals surface area contributed by atoms with E-state index in [1.807, 2.05) is 0 Å². The molecule has 8 aromatic carbocycles. The number of aliphatic hydroxyl groups is 4. The summed E-state index contributed by atoms with van der Waals surface area (Å²) in [5.41, 5.74) is 9.46. The Bertz CT molecular complexity index is 2840. The van der Waals surface area contributed by atoms with Crippen LogP contribution in [0.1, 0.15) is 46.2 Å². The molecule has 7 heteroatoms. The van der Waals surface area contributed by atoms with E-state index in [-0.39, 0.29) is 19.4 Å². The van der Waals surface area contributed by atoms with Crippen LogP contribution in [0.3, 0.4) is 0 Å². The van der Waals surface area contributed by atoms with Crippen molar-refractivity contribution in [2.45, 2.75) is 74.8 Å². The molecule has 2 saturated heterocycles. The highest BCUT2D eigenvalue weighted by atomic mass is 16.7. The molecule has 3 aliphatic carbocycles. The Kier molecular flexibility index (Phi) is 4.03. The van der Waals surface area contributed by atoms with Crippen molar-refractivity contribution in [2.75, 3.05) is 13.2 Å². The maximum Gasteiger partial charge on any atom is 0.197 e. The first-order valence-corrected chi connectivity index (χ1v) is 17.9. The zero-order chi connectivity index (χ0) is 32.0. The average molecular weight is 646 g/mol. The topological polar surface area (TPSA) is 104 Å². The average Bonchev–Trinajstić information content (AvgIpc) is 3.75. The molecule has 4 bridgehead atoms. The molecule has 4 heterocycles. The Hall–Kier alpha value is -4.08. The third-order valence-corrected chi connectivity index (χ3v) is 14.1. The molecule has 3 fully saturated rings. The molecule has 0 radical (unpaired) electrons. The molecule has 4 N–H and O–H groups in total. The molecule has 9 aromatic rings. The fourth-order valence-electron chi connectivity index (χ4n) is 12.2. The molecular formula is C42H31NO6. The maximum absolute atomic E-state index is 11.2. The van der Waals surface area contributed by atoms with E-state index in [1.54, 1.807) is 0 Å². The zero-order valence-corrected chi connectivity index (χ0v) is 26.6. The van der Waals surface area contributed by atoms with E-state index in [0.29, 0.717) is 6.54 Å². The van der Waals surface area contributed by atoms with Crippen molar-refractivity contribution in [3.8, 4) is 0 Å². The van der Waals surface area contributed by atoms with E-state index in [4.69, 9.17) is 9.47 Å². The lowest BCUT2D eigenvalue weighted by Gasteiger charge is -2.58. The van der Waals surface area contributed by atoms with Crippen LogP contribution in [-0.4, -0.2) is 67.9 Å². The van der Waals surface area contributed by atoms with Gasteiger partial charge in [-0.1, -0.05) is 36.4 Å². The molecule has 0 amide bonds. The molecule has 15 rings (SSSR count). The monoisotopic (exact) mass is 645 g/mol. The number of hydrogen-bond acceptors (Lipinski definition) is 6. The van der Waals surface area contributed by atoms with Gasteiger partial charge >= 0.3 is 0 Å². The molecule has 5 atom stereocenters. The summed E-state index contributed by atoms with van der Waals surface area (Å²) in [7, 11) is 0. The lowest BCUT2D eigenvalue weighted by molar-refractivity contribution is -0.417. The fraction of sp³-hybridized carbons (Fsp3) is 0.333. The number of hydrogen-bond donors (Lipinski definition) is 4. The van der Waals surface area contributed by atoms with Crippen LogP contribution in [0.15, 0.2) is 36.4 Å². The van der Waals surface area contributed by atoms with E-state index in [9.17, 15) is 20.4 Å². The van der Waals surface area contributed by atoms with Crippen molar-refractivity contribution in [2.24, 2.45) is 0 Å². The molecule has 0 spiro atoms. The second kappa shape index (κ2) is 7.64. The van der Waals surface area contributed by atoms with Crippen LogP contribution in [0.2, 0.25) is 0 Å². The summed E-state index contributed by atoms with van der Waals surface area (Å²) in [4.78, 5) is 0. The summed E-state index contributed by atoms with van der Waals surface area (Å²) in [5, 5.41) is 63.2. The predicted octanol–water partition coefficient (Wildman–Crippen LogP) is 5.72. The molecule has 2 unspecified atom stereocenters. The number of pyridine rings is 1. The number of rotatable bonds is 5. The first-order chi connectivity index (χ1) is 23.9. The van der Waals surface area contributed by atoms with E-state index < -0.39 is 36.3 Å². The minimum atomic E-state index is -1.69. The highest BCUT2D eigenvalue weighted by Crippen LogP contribution is 2.61. The lowest BCUT2D eigenvalue weighted by Crippen LogP contribution is -2.76. The number of aromatic nitrogens is 1.